The van der Waals surface area contributed by atoms with Gasteiger partial charge in [-0.05, 0) is 133 Å². The first-order valence-electron chi connectivity index (χ1n) is 23.0. The molecule has 0 bridgehead atoms. The third-order valence-electron chi connectivity index (χ3n) is 11.0. The van der Waals surface area contributed by atoms with Crippen LogP contribution in [-0.4, -0.2) is 0 Å². The van der Waals surface area contributed by atoms with E-state index in [2.05, 4.69) is 78.8 Å². The Labute approximate surface area is 331 Å². The maximum Gasteiger partial charge on any atom is 0.0636 e. The van der Waals surface area contributed by atoms with Gasteiger partial charge in [-0.1, -0.05) is 188 Å². The van der Waals surface area contributed by atoms with Crippen LogP contribution in [0.2, 0.25) is 0 Å². The maximum absolute atomic E-state index is 10.2. The zero-order valence-corrected chi connectivity index (χ0v) is 32.0. The van der Waals surface area contributed by atoms with Crippen molar-refractivity contribution in [3.63, 3.8) is 0 Å². The second kappa shape index (κ2) is 13.0. The first kappa shape index (κ1) is 26.1. The summed E-state index contributed by atoms with van der Waals surface area (Å²) >= 11 is 0. The average molecular weight is 705 g/mol. The second-order valence-electron chi connectivity index (χ2n) is 16.2. The van der Waals surface area contributed by atoms with Crippen LogP contribution < -0.4 is 0 Å². The summed E-state index contributed by atoms with van der Waals surface area (Å²) < 4.78 is 76.4. The van der Waals surface area contributed by atoms with Gasteiger partial charge < -0.3 is 0 Å². The minimum absolute atomic E-state index is 0.00958. The molecular weight excluding hydrogens is 649 g/mol. The van der Waals surface area contributed by atoms with Gasteiger partial charge in [0, 0.05) is 0 Å². The number of fused-ring (bicyclic) bond motifs is 6. The Bertz CT molecular complexity index is 3290. The van der Waals surface area contributed by atoms with Crippen LogP contribution in [0.3, 0.4) is 0 Å². The Morgan fingerprint density at radius 2 is 0.981 bits per heavy atom. The van der Waals surface area contributed by atoms with E-state index in [1.807, 2.05) is 72.8 Å². The van der Waals surface area contributed by atoms with Crippen LogP contribution in [0.15, 0.2) is 151 Å². The third kappa shape index (κ3) is 5.59. The molecule has 0 nitrogen and oxygen atoms in total. The predicted octanol–water partition coefficient (Wildman–Crippen LogP) is 16.0. The molecule has 0 aliphatic heterocycles. The molecule has 0 aliphatic rings. The fourth-order valence-corrected chi connectivity index (χ4v) is 8.25. The van der Waals surface area contributed by atoms with Crippen molar-refractivity contribution in [2.75, 3.05) is 0 Å². The molecule has 0 aliphatic carbocycles. The fraction of sp³-hybridized carbons (Fsp3) is 0.185. The zero-order chi connectivity index (χ0) is 44.3. The Hall–Kier alpha value is -5.72. The van der Waals surface area contributed by atoms with Gasteiger partial charge in [0.05, 0.1) is 11.0 Å². The molecule has 54 heavy (non-hydrogen) atoms. The minimum atomic E-state index is -0.467. The third-order valence-corrected chi connectivity index (χ3v) is 11.0. The SMILES string of the molecule is [2H]c1c(-c2ccc(C(C)(C)C)c3ccccc23)c([2H])c2c(c1[2H])c([2H])c(-c1c3ccccc3c(-c3cc(C(C)C)cc(C(C)C)c3)c3ccccc13)c1c([2H])c([2H])c([2H])c([2H])c12. The zero-order valence-electron chi connectivity index (χ0n) is 40.0. The van der Waals surface area contributed by atoms with Crippen LogP contribution in [0.1, 0.15) is 88.0 Å². The number of benzene rings is 9. The van der Waals surface area contributed by atoms with Crippen molar-refractivity contribution in [3.05, 3.63) is 168 Å². The summed E-state index contributed by atoms with van der Waals surface area (Å²) in [5.74, 6) is 0.583. The Kier molecular flexibility index (Phi) is 6.29. The van der Waals surface area contributed by atoms with E-state index in [-0.39, 0.29) is 74.3 Å². The van der Waals surface area contributed by atoms with E-state index < -0.39 is 12.1 Å². The average Bonchev–Trinajstić information content (AvgIpc) is 3.25. The highest BCUT2D eigenvalue weighted by atomic mass is 14.3. The fourth-order valence-electron chi connectivity index (χ4n) is 8.25. The molecule has 0 amide bonds. The highest BCUT2D eigenvalue weighted by Crippen LogP contribution is 2.48. The molecule has 0 unspecified atom stereocenters. The first-order valence-corrected chi connectivity index (χ1v) is 19.0. The number of hydrogen-bond donors (Lipinski definition) is 0. The summed E-state index contributed by atoms with van der Waals surface area (Å²) in [6, 6.07) is 32.2. The lowest BCUT2D eigenvalue weighted by Crippen LogP contribution is -2.11. The van der Waals surface area contributed by atoms with Crippen LogP contribution >= 0.6 is 0 Å². The Morgan fingerprint density at radius 3 is 1.56 bits per heavy atom. The van der Waals surface area contributed by atoms with Crippen LogP contribution in [0, 0.1) is 0 Å². The van der Waals surface area contributed by atoms with Gasteiger partial charge in [-0.3, -0.25) is 0 Å². The van der Waals surface area contributed by atoms with Gasteiger partial charge in [-0.15, -0.1) is 0 Å². The summed E-state index contributed by atoms with van der Waals surface area (Å²) in [5.41, 5.74) is 7.07. The molecule has 0 heterocycles. The van der Waals surface area contributed by atoms with Gasteiger partial charge in [0.25, 0.3) is 0 Å². The summed E-state index contributed by atoms with van der Waals surface area (Å²) in [6.45, 7) is 15.2. The minimum Gasteiger partial charge on any atom is -0.0616 e. The molecule has 0 heteroatoms. The molecular formula is C54H48. The van der Waals surface area contributed by atoms with Crippen molar-refractivity contribution >= 4 is 53.9 Å². The van der Waals surface area contributed by atoms with Crippen LogP contribution in [0.25, 0.3) is 87.2 Å². The quantitative estimate of drug-likeness (QED) is 0.124. The summed E-state index contributed by atoms with van der Waals surface area (Å²) in [6.07, 6.45) is 0. The van der Waals surface area contributed by atoms with E-state index in [9.17, 15) is 8.22 Å². The monoisotopic (exact) mass is 704 g/mol. The molecule has 0 saturated heterocycles. The van der Waals surface area contributed by atoms with Gasteiger partial charge in [0.15, 0.2) is 0 Å². The number of hydrogen-bond acceptors (Lipinski definition) is 0. The van der Waals surface area contributed by atoms with Crippen molar-refractivity contribution in [2.45, 2.75) is 65.7 Å². The molecule has 9 aromatic rings. The van der Waals surface area contributed by atoms with Crippen molar-refractivity contribution in [1.82, 2.24) is 0 Å². The molecule has 9 aromatic carbocycles. The maximum atomic E-state index is 10.2. The standard InChI is InChI=1S/C54H48/c1-33(2)37-28-38(34(3)4)30-39(29-37)52-45-20-12-14-22-47(45)53(48-23-15-13-21-46(48)52)50-32-36-25-24-35(31-49(36)42-17-8-9-18-43(42)50)40-26-27-51(54(5,6)7)44-19-11-10-16-41(40)44/h8-34H,1-7H3/i8D,9D,17D,18D,24D,25D,31D,32D. The molecule has 0 radical (unpaired) electrons. The van der Waals surface area contributed by atoms with Crippen LogP contribution in [0.4, 0.5) is 0 Å². The lowest BCUT2D eigenvalue weighted by molar-refractivity contribution is 0.596. The van der Waals surface area contributed by atoms with Gasteiger partial charge in [0.1, 0.15) is 0 Å². The lowest BCUT2D eigenvalue weighted by atomic mass is 9.81. The van der Waals surface area contributed by atoms with E-state index in [1.54, 1.807) is 0 Å². The topological polar surface area (TPSA) is 0 Å². The van der Waals surface area contributed by atoms with Crippen molar-refractivity contribution in [2.24, 2.45) is 0 Å². The Morgan fingerprint density at radius 1 is 0.444 bits per heavy atom. The Balaban J connectivity index is 1.48. The van der Waals surface area contributed by atoms with E-state index >= 15 is 0 Å². The molecule has 0 aromatic heterocycles. The number of rotatable bonds is 5. The normalized spacial score (nSPS) is 14.4. The van der Waals surface area contributed by atoms with Gasteiger partial charge in [-0.2, -0.15) is 0 Å². The summed E-state index contributed by atoms with van der Waals surface area (Å²) in [4.78, 5) is 0. The van der Waals surface area contributed by atoms with E-state index in [0.29, 0.717) is 23.0 Å². The molecule has 9 rings (SSSR count). The smallest absolute Gasteiger partial charge is 0.0616 e. The highest BCUT2D eigenvalue weighted by Gasteiger charge is 2.22. The molecule has 0 atom stereocenters. The van der Waals surface area contributed by atoms with E-state index in [0.717, 1.165) is 49.0 Å². The van der Waals surface area contributed by atoms with Crippen LogP contribution in [-0.2, 0) is 5.41 Å². The van der Waals surface area contributed by atoms with Crippen molar-refractivity contribution in [1.29, 1.82) is 0 Å². The van der Waals surface area contributed by atoms with E-state index in [4.69, 9.17) is 2.74 Å². The molecule has 0 saturated carbocycles. The van der Waals surface area contributed by atoms with Gasteiger partial charge in [-0.25, -0.2) is 0 Å². The van der Waals surface area contributed by atoms with Gasteiger partial charge >= 0.3 is 0 Å². The molecule has 0 N–H and O–H groups in total. The summed E-state index contributed by atoms with van der Waals surface area (Å²) in [7, 11) is 0. The molecule has 0 spiro atoms. The van der Waals surface area contributed by atoms with Crippen molar-refractivity contribution in [3.8, 4) is 33.4 Å². The predicted molar refractivity (Wildman–Crippen MR) is 237 cm³/mol. The lowest BCUT2D eigenvalue weighted by Gasteiger charge is -2.23. The second-order valence-corrected chi connectivity index (χ2v) is 16.2. The largest absolute Gasteiger partial charge is 0.0636 e. The highest BCUT2D eigenvalue weighted by molar-refractivity contribution is 6.26. The summed E-state index contributed by atoms with van der Waals surface area (Å²) in [5, 5.41) is 5.44. The molecule has 264 valence electrons. The van der Waals surface area contributed by atoms with Gasteiger partial charge in [0.2, 0.25) is 0 Å². The van der Waals surface area contributed by atoms with Crippen LogP contribution in [0.5, 0.6) is 0 Å². The molecule has 0 fully saturated rings. The van der Waals surface area contributed by atoms with Crippen molar-refractivity contribution < 1.29 is 11.0 Å². The first-order chi connectivity index (χ1) is 29.4. The van der Waals surface area contributed by atoms with E-state index in [1.165, 1.54) is 11.1 Å².